The van der Waals surface area contributed by atoms with Gasteiger partial charge in [-0.15, -0.1) is 0 Å². The van der Waals surface area contributed by atoms with Crippen LogP contribution in [0.2, 0.25) is 5.02 Å². The highest BCUT2D eigenvalue weighted by molar-refractivity contribution is 6.33. The van der Waals surface area contributed by atoms with Crippen LogP contribution in [-0.4, -0.2) is 38.1 Å². The van der Waals surface area contributed by atoms with Gasteiger partial charge in [-0.3, -0.25) is 9.59 Å². The molecule has 2 N–H and O–H groups in total. The molecule has 1 atom stereocenters. The quantitative estimate of drug-likeness (QED) is 0.752. The number of hydrogen-bond donors (Lipinski definition) is 2. The van der Waals surface area contributed by atoms with Crippen molar-refractivity contribution in [2.45, 2.75) is 19.4 Å². The predicted molar refractivity (Wildman–Crippen MR) is 77.9 cm³/mol. The zero-order chi connectivity index (χ0) is 15.0. The summed E-state index contributed by atoms with van der Waals surface area (Å²) in [6.07, 6.45) is 0.730. The van der Waals surface area contributed by atoms with Gasteiger partial charge in [0.1, 0.15) is 6.04 Å². The molecular weight excluding hydrogens is 280 g/mol. The van der Waals surface area contributed by atoms with Crippen LogP contribution in [0.4, 0.5) is 0 Å². The fourth-order valence-electron chi connectivity index (χ4n) is 1.57. The molecule has 0 bridgehead atoms. The van der Waals surface area contributed by atoms with Crippen molar-refractivity contribution in [2.24, 2.45) is 0 Å². The molecule has 0 spiro atoms. The molecule has 0 saturated carbocycles. The topological polar surface area (TPSA) is 67.4 Å². The maximum atomic E-state index is 12.0. The minimum Gasteiger partial charge on any atom is -0.385 e. The molecule has 0 aliphatic rings. The van der Waals surface area contributed by atoms with E-state index in [0.29, 0.717) is 23.7 Å². The van der Waals surface area contributed by atoms with E-state index in [4.69, 9.17) is 16.3 Å². The standard InChI is InChI=1S/C14H19ClN2O3/c1-10(13(18)16-8-5-9-20-2)17-14(19)11-6-3-4-7-12(11)15/h3-4,6-7,10H,5,8-9H2,1-2H3,(H,16,18)(H,17,19)/t10-/m0/s1. The van der Waals surface area contributed by atoms with Crippen LogP contribution in [0, 0.1) is 0 Å². The molecule has 110 valence electrons. The van der Waals surface area contributed by atoms with E-state index in [1.807, 2.05) is 0 Å². The molecule has 0 saturated heterocycles. The summed E-state index contributed by atoms with van der Waals surface area (Å²) in [4.78, 5) is 23.7. The zero-order valence-corrected chi connectivity index (χ0v) is 12.4. The minimum absolute atomic E-state index is 0.235. The lowest BCUT2D eigenvalue weighted by atomic mass is 10.2. The summed E-state index contributed by atoms with van der Waals surface area (Å²) < 4.78 is 4.88. The molecule has 0 heterocycles. The van der Waals surface area contributed by atoms with Crippen molar-refractivity contribution in [1.29, 1.82) is 0 Å². The molecule has 0 aliphatic carbocycles. The fourth-order valence-corrected chi connectivity index (χ4v) is 1.79. The first-order valence-corrected chi connectivity index (χ1v) is 6.76. The second kappa shape index (κ2) is 8.55. The number of methoxy groups -OCH3 is 1. The number of ether oxygens (including phenoxy) is 1. The van der Waals surface area contributed by atoms with Crippen LogP contribution in [-0.2, 0) is 9.53 Å². The minimum atomic E-state index is -0.624. The zero-order valence-electron chi connectivity index (χ0n) is 11.6. The number of amides is 2. The molecule has 1 rings (SSSR count). The molecule has 6 heteroatoms. The number of carbonyl (C=O) groups is 2. The van der Waals surface area contributed by atoms with Gasteiger partial charge in [0.25, 0.3) is 5.91 Å². The van der Waals surface area contributed by atoms with Gasteiger partial charge in [0.05, 0.1) is 10.6 Å². The summed E-state index contributed by atoms with van der Waals surface area (Å²) in [5.41, 5.74) is 0.355. The van der Waals surface area contributed by atoms with E-state index >= 15 is 0 Å². The molecular formula is C14H19ClN2O3. The maximum absolute atomic E-state index is 12.0. The van der Waals surface area contributed by atoms with E-state index in [2.05, 4.69) is 10.6 Å². The first-order valence-electron chi connectivity index (χ1n) is 6.38. The molecule has 5 nitrogen and oxygen atoms in total. The van der Waals surface area contributed by atoms with Crippen molar-refractivity contribution < 1.29 is 14.3 Å². The van der Waals surface area contributed by atoms with E-state index < -0.39 is 6.04 Å². The number of carbonyl (C=O) groups excluding carboxylic acids is 2. The Kier molecular flexibility index (Phi) is 7.04. The van der Waals surface area contributed by atoms with E-state index in [1.54, 1.807) is 38.3 Å². The number of halogens is 1. The second-order valence-corrected chi connectivity index (χ2v) is 4.72. The Morgan fingerprint density at radius 1 is 1.35 bits per heavy atom. The van der Waals surface area contributed by atoms with Crippen LogP contribution >= 0.6 is 11.6 Å². The first kappa shape index (κ1) is 16.5. The normalized spacial score (nSPS) is 11.8. The maximum Gasteiger partial charge on any atom is 0.253 e. The molecule has 0 unspecified atom stereocenters. The SMILES string of the molecule is COCCCNC(=O)[C@H](C)NC(=O)c1ccccc1Cl. The fraction of sp³-hybridized carbons (Fsp3) is 0.429. The van der Waals surface area contributed by atoms with Gasteiger partial charge in [0, 0.05) is 20.3 Å². The molecule has 0 aliphatic heterocycles. The first-order chi connectivity index (χ1) is 9.56. The van der Waals surface area contributed by atoms with E-state index in [0.717, 1.165) is 6.42 Å². The third-order valence-corrected chi connectivity index (χ3v) is 3.01. The summed E-state index contributed by atoms with van der Waals surface area (Å²) in [7, 11) is 1.61. The highest BCUT2D eigenvalue weighted by atomic mass is 35.5. The molecule has 0 radical (unpaired) electrons. The van der Waals surface area contributed by atoms with Gasteiger partial charge in [-0.2, -0.15) is 0 Å². The van der Waals surface area contributed by atoms with E-state index in [1.165, 1.54) is 0 Å². The summed E-state index contributed by atoms with van der Waals surface area (Å²) >= 11 is 5.93. The smallest absolute Gasteiger partial charge is 0.253 e. The third kappa shape index (κ3) is 5.19. The van der Waals surface area contributed by atoms with Crippen LogP contribution in [0.5, 0.6) is 0 Å². The van der Waals surface area contributed by atoms with Crippen LogP contribution < -0.4 is 10.6 Å². The molecule has 2 amide bonds. The Bertz CT molecular complexity index is 465. The molecule has 0 aromatic heterocycles. The molecule has 1 aromatic carbocycles. The van der Waals surface area contributed by atoms with Gasteiger partial charge in [-0.1, -0.05) is 23.7 Å². The molecule has 1 aromatic rings. The number of benzene rings is 1. The average Bonchev–Trinajstić information content (AvgIpc) is 2.43. The number of hydrogen-bond acceptors (Lipinski definition) is 3. The van der Waals surface area contributed by atoms with Crippen LogP contribution in [0.3, 0.4) is 0 Å². The average molecular weight is 299 g/mol. The van der Waals surface area contributed by atoms with Crippen molar-refractivity contribution in [3.8, 4) is 0 Å². The summed E-state index contributed by atoms with van der Waals surface area (Å²) in [6.45, 7) is 2.72. The van der Waals surface area contributed by atoms with E-state index in [-0.39, 0.29) is 11.8 Å². The van der Waals surface area contributed by atoms with Crippen molar-refractivity contribution in [1.82, 2.24) is 10.6 Å². The van der Waals surface area contributed by atoms with Gasteiger partial charge >= 0.3 is 0 Å². The Hall–Kier alpha value is -1.59. The lowest BCUT2D eigenvalue weighted by molar-refractivity contribution is -0.122. The van der Waals surface area contributed by atoms with Gasteiger partial charge in [-0.05, 0) is 25.5 Å². The Morgan fingerprint density at radius 2 is 2.05 bits per heavy atom. The van der Waals surface area contributed by atoms with Crippen LogP contribution in [0.1, 0.15) is 23.7 Å². The third-order valence-electron chi connectivity index (χ3n) is 2.68. The molecule has 0 fully saturated rings. The van der Waals surface area contributed by atoms with Crippen molar-refractivity contribution in [3.05, 3.63) is 34.9 Å². The number of rotatable bonds is 7. The van der Waals surface area contributed by atoms with Gasteiger partial charge in [-0.25, -0.2) is 0 Å². The Balaban J connectivity index is 2.45. The van der Waals surface area contributed by atoms with Gasteiger partial charge < -0.3 is 15.4 Å². The van der Waals surface area contributed by atoms with Crippen LogP contribution in [0.25, 0.3) is 0 Å². The summed E-state index contributed by atoms with van der Waals surface area (Å²) in [5, 5.41) is 5.69. The Morgan fingerprint density at radius 3 is 2.70 bits per heavy atom. The van der Waals surface area contributed by atoms with E-state index in [9.17, 15) is 9.59 Å². The summed E-state index contributed by atoms with van der Waals surface area (Å²) in [5.74, 6) is -0.600. The lowest BCUT2D eigenvalue weighted by Gasteiger charge is -2.14. The van der Waals surface area contributed by atoms with Gasteiger partial charge in [0.15, 0.2) is 0 Å². The lowest BCUT2D eigenvalue weighted by Crippen LogP contribution is -2.45. The van der Waals surface area contributed by atoms with Crippen molar-refractivity contribution in [3.63, 3.8) is 0 Å². The second-order valence-electron chi connectivity index (χ2n) is 4.31. The monoisotopic (exact) mass is 298 g/mol. The highest BCUT2D eigenvalue weighted by Gasteiger charge is 2.17. The van der Waals surface area contributed by atoms with Gasteiger partial charge in [0.2, 0.25) is 5.91 Å². The summed E-state index contributed by atoms with van der Waals surface area (Å²) in [6, 6.07) is 6.08. The Labute approximate surface area is 123 Å². The predicted octanol–water partition coefficient (Wildman–Crippen LogP) is 1.61. The van der Waals surface area contributed by atoms with Crippen LogP contribution in [0.15, 0.2) is 24.3 Å². The largest absolute Gasteiger partial charge is 0.385 e. The highest BCUT2D eigenvalue weighted by Crippen LogP contribution is 2.14. The van der Waals surface area contributed by atoms with Crippen molar-refractivity contribution in [2.75, 3.05) is 20.3 Å². The van der Waals surface area contributed by atoms with Crippen molar-refractivity contribution >= 4 is 23.4 Å². The number of nitrogens with one attached hydrogen (secondary N) is 2. The molecule has 20 heavy (non-hydrogen) atoms.